The first kappa shape index (κ1) is 17.7. The zero-order valence-corrected chi connectivity index (χ0v) is 15.9. The Balaban J connectivity index is 2.19. The fourth-order valence-corrected chi connectivity index (χ4v) is 4.43. The molecule has 0 aliphatic carbocycles. The third kappa shape index (κ3) is 2.27. The maximum absolute atomic E-state index is 15.6. The van der Waals surface area contributed by atoms with Crippen molar-refractivity contribution in [1.29, 1.82) is 0 Å². The summed E-state index contributed by atoms with van der Waals surface area (Å²) in [6.07, 6.45) is 1.76. The van der Waals surface area contributed by atoms with E-state index in [-0.39, 0.29) is 0 Å². The molecule has 1 aromatic carbocycles. The van der Waals surface area contributed by atoms with Gasteiger partial charge in [-0.2, -0.15) is 0 Å². The number of ether oxygens (including phenoxy) is 1. The van der Waals surface area contributed by atoms with Crippen LogP contribution in [-0.2, 0) is 0 Å². The first-order valence-electron chi connectivity index (χ1n) is 8.79. The molecule has 0 amide bonds. The number of benzene rings is 1. The summed E-state index contributed by atoms with van der Waals surface area (Å²) >= 11 is 0. The van der Waals surface area contributed by atoms with Crippen molar-refractivity contribution in [2.45, 2.75) is 27.7 Å². The minimum absolute atomic E-state index is 0.317. The van der Waals surface area contributed by atoms with E-state index in [9.17, 15) is 4.39 Å². The van der Waals surface area contributed by atoms with Gasteiger partial charge in [-0.3, -0.25) is 0 Å². The molecule has 0 N–H and O–H groups in total. The van der Waals surface area contributed by atoms with Gasteiger partial charge in [0.1, 0.15) is 17.3 Å². The molecule has 7 heteroatoms. The zero-order valence-electron chi connectivity index (χ0n) is 15.9. The van der Waals surface area contributed by atoms with Crippen molar-refractivity contribution in [2.24, 2.45) is 0 Å². The summed E-state index contributed by atoms with van der Waals surface area (Å²) in [5.74, 6) is -0.120. The summed E-state index contributed by atoms with van der Waals surface area (Å²) < 4.78 is 52.5. The van der Waals surface area contributed by atoms with Crippen LogP contribution in [0.5, 0.6) is 5.75 Å². The van der Waals surface area contributed by atoms with Crippen LogP contribution in [0.1, 0.15) is 36.4 Å². The van der Waals surface area contributed by atoms with Crippen molar-refractivity contribution in [3.05, 3.63) is 69.9 Å². The molecule has 2 aliphatic rings. The second kappa shape index (κ2) is 5.65. The summed E-state index contributed by atoms with van der Waals surface area (Å²) in [6, 6.07) is 5.97. The molecule has 0 spiro atoms. The maximum atomic E-state index is 15.6. The third-order valence-electron chi connectivity index (χ3n) is 5.37. The number of aryl methyl sites for hydroxylation is 2. The lowest BCUT2D eigenvalue weighted by molar-refractivity contribution is -0.363. The maximum Gasteiger partial charge on any atom is 0.737 e. The van der Waals surface area contributed by atoms with Crippen molar-refractivity contribution >= 4 is 18.3 Å². The molecule has 0 saturated heterocycles. The molecular formula is C20H20BF3N2O. The van der Waals surface area contributed by atoms with Crippen LogP contribution in [0.2, 0.25) is 0 Å². The Morgan fingerprint density at radius 3 is 2.44 bits per heavy atom. The second-order valence-corrected chi connectivity index (χ2v) is 7.18. The average molecular weight is 372 g/mol. The average Bonchev–Trinajstić information content (AvgIpc) is 3.06. The lowest BCUT2D eigenvalue weighted by atomic mass is 9.83. The Morgan fingerprint density at radius 2 is 1.78 bits per heavy atom. The number of nitrogens with zero attached hydrogens (tertiary/aromatic N) is 2. The van der Waals surface area contributed by atoms with Gasteiger partial charge in [-0.25, -0.2) is 4.39 Å². The van der Waals surface area contributed by atoms with Crippen molar-refractivity contribution in [2.75, 3.05) is 7.11 Å². The number of methoxy groups -OCH3 is 1. The first-order chi connectivity index (χ1) is 12.7. The molecule has 0 saturated carbocycles. The zero-order chi connectivity index (χ0) is 19.7. The number of rotatable bonds is 2. The molecule has 0 fully saturated rings. The van der Waals surface area contributed by atoms with Crippen molar-refractivity contribution in [1.82, 2.24) is 4.48 Å². The minimum atomic E-state index is -4.03. The van der Waals surface area contributed by atoms with Gasteiger partial charge in [-0.05, 0) is 50.2 Å². The van der Waals surface area contributed by atoms with Gasteiger partial charge in [0, 0.05) is 35.9 Å². The lowest BCUT2D eigenvalue weighted by Crippen LogP contribution is -2.51. The Morgan fingerprint density at radius 1 is 1.07 bits per heavy atom. The van der Waals surface area contributed by atoms with Crippen LogP contribution in [-0.4, -0.2) is 28.8 Å². The Hall–Kier alpha value is -2.70. The molecule has 27 heavy (non-hydrogen) atoms. The van der Waals surface area contributed by atoms with E-state index in [1.54, 1.807) is 32.1 Å². The molecule has 3 nitrogen and oxygen atoms in total. The third-order valence-corrected chi connectivity index (χ3v) is 5.37. The van der Waals surface area contributed by atoms with E-state index in [1.807, 2.05) is 13.8 Å². The fraction of sp³-hybridized carbons (Fsp3) is 0.250. The van der Waals surface area contributed by atoms with Crippen LogP contribution in [0, 0.1) is 19.7 Å². The van der Waals surface area contributed by atoms with Crippen LogP contribution in [0.15, 0.2) is 41.6 Å². The Kier molecular flexibility index (Phi) is 3.70. The van der Waals surface area contributed by atoms with Crippen molar-refractivity contribution in [3.8, 4) is 5.75 Å². The quantitative estimate of drug-likeness (QED) is 0.700. The van der Waals surface area contributed by atoms with Gasteiger partial charge in [0.2, 0.25) is 0 Å². The van der Waals surface area contributed by atoms with Gasteiger partial charge >= 0.3 is 6.97 Å². The number of aromatic nitrogens is 1. The predicted octanol–water partition coefficient (Wildman–Crippen LogP) is 4.68. The molecule has 0 unspecified atom stereocenters. The Bertz CT molecular complexity index is 1090. The highest BCUT2D eigenvalue weighted by Gasteiger charge is 2.55. The number of halogens is 3. The molecule has 0 bridgehead atoms. The van der Waals surface area contributed by atoms with Crippen LogP contribution < -0.4 is 4.74 Å². The van der Waals surface area contributed by atoms with Gasteiger partial charge in [0.25, 0.3) is 0 Å². The monoisotopic (exact) mass is 372 g/mol. The molecule has 3 heterocycles. The summed E-state index contributed by atoms with van der Waals surface area (Å²) in [5.41, 5.74) is 4.61. The molecule has 4 rings (SSSR count). The summed E-state index contributed by atoms with van der Waals surface area (Å²) in [7, 11) is 1.45. The number of hydrogen-bond acceptors (Lipinski definition) is 1. The Labute approximate surface area is 156 Å². The van der Waals surface area contributed by atoms with Gasteiger partial charge in [-0.1, -0.05) is 0 Å². The van der Waals surface area contributed by atoms with E-state index >= 15 is 8.63 Å². The lowest BCUT2D eigenvalue weighted by Gasteiger charge is -2.34. The molecule has 0 atom stereocenters. The molecular weight excluding hydrogens is 352 g/mol. The molecule has 1 aromatic heterocycles. The van der Waals surface area contributed by atoms with Gasteiger partial charge in [0.15, 0.2) is 5.70 Å². The van der Waals surface area contributed by atoms with E-state index in [0.717, 1.165) is 20.1 Å². The number of fused-ring (bicyclic) bond motifs is 2. The standard InChI is InChI=1S/C20H20BF3N2O/c1-11-8-13(3)25-19(11)18(16-7-6-15(22)10-17(16)27-5)20-12(2)9-14(4)26(20)21(25,23)24/h6-10H,1-5H3. The minimum Gasteiger partial charge on any atom is -0.496 e. The highest BCUT2D eigenvalue weighted by atomic mass is 19.2. The molecule has 140 valence electrons. The largest absolute Gasteiger partial charge is 0.737 e. The highest BCUT2D eigenvalue weighted by Crippen LogP contribution is 2.46. The van der Waals surface area contributed by atoms with E-state index in [4.69, 9.17) is 4.74 Å². The number of allylic oxidation sites excluding steroid dienone is 2. The normalized spacial score (nSPS) is 17.9. The van der Waals surface area contributed by atoms with Gasteiger partial charge in [0.05, 0.1) is 12.7 Å². The van der Waals surface area contributed by atoms with E-state index < -0.39 is 12.8 Å². The smallest absolute Gasteiger partial charge is 0.496 e. The molecule has 2 aliphatic heterocycles. The topological polar surface area (TPSA) is 17.2 Å². The fourth-order valence-electron chi connectivity index (χ4n) is 4.43. The summed E-state index contributed by atoms with van der Waals surface area (Å²) in [5, 5.41) is 0. The van der Waals surface area contributed by atoms with Gasteiger partial charge < -0.3 is 22.3 Å². The second-order valence-electron chi connectivity index (χ2n) is 7.18. The molecule has 2 aromatic rings. The van der Waals surface area contributed by atoms with Crippen LogP contribution in [0.3, 0.4) is 0 Å². The van der Waals surface area contributed by atoms with Crippen molar-refractivity contribution in [3.63, 3.8) is 0 Å². The van der Waals surface area contributed by atoms with Crippen LogP contribution in [0.25, 0.3) is 5.57 Å². The first-order valence-corrected chi connectivity index (χ1v) is 8.79. The number of hydrogen-bond donors (Lipinski definition) is 0. The van der Waals surface area contributed by atoms with Crippen LogP contribution in [0.4, 0.5) is 13.0 Å². The van der Waals surface area contributed by atoms with E-state index in [2.05, 4.69) is 0 Å². The van der Waals surface area contributed by atoms with Gasteiger partial charge in [-0.15, -0.1) is 0 Å². The molecule has 0 radical (unpaired) electrons. The highest BCUT2D eigenvalue weighted by molar-refractivity contribution is 6.58. The van der Waals surface area contributed by atoms with E-state index in [1.165, 1.54) is 19.2 Å². The predicted molar refractivity (Wildman–Crippen MR) is 101 cm³/mol. The van der Waals surface area contributed by atoms with Crippen molar-refractivity contribution < 1.29 is 22.2 Å². The van der Waals surface area contributed by atoms with Crippen LogP contribution >= 0.6 is 0 Å². The summed E-state index contributed by atoms with van der Waals surface area (Å²) in [6.45, 7) is 2.98. The SMILES string of the molecule is COc1cc(F)ccc1C1=C2C(C)=CC(C)=[N+]2[B-](F)(F)n2c(C)cc(C)c21. The summed E-state index contributed by atoms with van der Waals surface area (Å²) in [4.78, 5) is 0. The van der Waals surface area contributed by atoms with E-state index in [0.29, 0.717) is 39.7 Å².